The first-order valence-corrected chi connectivity index (χ1v) is 6.70. The van der Waals surface area contributed by atoms with Gasteiger partial charge in [0.25, 0.3) is 0 Å². The van der Waals surface area contributed by atoms with Gasteiger partial charge in [0.2, 0.25) is 5.91 Å². The van der Waals surface area contributed by atoms with Gasteiger partial charge >= 0.3 is 0 Å². The van der Waals surface area contributed by atoms with E-state index < -0.39 is 0 Å². The number of nitrogens with one attached hydrogen (secondary N) is 1. The highest BCUT2D eigenvalue weighted by atomic mass is 16.5. The van der Waals surface area contributed by atoms with Gasteiger partial charge in [-0.15, -0.1) is 0 Å². The lowest BCUT2D eigenvalue weighted by atomic mass is 10.1. The number of hydrogen-bond donors (Lipinski definition) is 1. The second-order valence-corrected chi connectivity index (χ2v) is 4.99. The summed E-state index contributed by atoms with van der Waals surface area (Å²) in [6.45, 7) is 1.82. The fourth-order valence-electron chi connectivity index (χ4n) is 2.68. The van der Waals surface area contributed by atoms with Crippen LogP contribution >= 0.6 is 0 Å². The molecule has 0 aliphatic carbocycles. The molecular weight excluding hydrogens is 240 g/mol. The second kappa shape index (κ2) is 4.96. The number of H-pyrrole nitrogens is 1. The highest BCUT2D eigenvalue weighted by Crippen LogP contribution is 2.24. The lowest BCUT2D eigenvalue weighted by Crippen LogP contribution is -2.28. The second-order valence-electron chi connectivity index (χ2n) is 4.99. The van der Waals surface area contributed by atoms with E-state index in [1.165, 1.54) is 0 Å². The number of carbonyl (C=O) groups is 1. The van der Waals surface area contributed by atoms with Gasteiger partial charge in [0.05, 0.1) is 13.5 Å². The van der Waals surface area contributed by atoms with Crippen LogP contribution in [-0.2, 0) is 11.2 Å². The van der Waals surface area contributed by atoms with Crippen molar-refractivity contribution in [2.75, 3.05) is 20.2 Å². The molecule has 0 spiro atoms. The first kappa shape index (κ1) is 12.1. The third-order valence-corrected chi connectivity index (χ3v) is 3.78. The van der Waals surface area contributed by atoms with Crippen molar-refractivity contribution in [1.82, 2.24) is 9.88 Å². The Balaban J connectivity index is 1.82. The monoisotopic (exact) mass is 258 g/mol. The Morgan fingerprint density at radius 2 is 2.16 bits per heavy atom. The summed E-state index contributed by atoms with van der Waals surface area (Å²) in [5.74, 6) is 1.06. The summed E-state index contributed by atoms with van der Waals surface area (Å²) < 4.78 is 5.20. The zero-order valence-corrected chi connectivity index (χ0v) is 11.1. The molecule has 0 atom stereocenters. The molecule has 4 heteroatoms. The van der Waals surface area contributed by atoms with Crippen LogP contribution in [0.25, 0.3) is 10.9 Å². The van der Waals surface area contributed by atoms with Gasteiger partial charge in [-0.2, -0.15) is 0 Å². The van der Waals surface area contributed by atoms with Gasteiger partial charge in [0, 0.05) is 36.3 Å². The van der Waals surface area contributed by atoms with Gasteiger partial charge in [-0.1, -0.05) is 0 Å². The average molecular weight is 258 g/mol. The number of amides is 1. The molecule has 19 heavy (non-hydrogen) atoms. The van der Waals surface area contributed by atoms with Crippen molar-refractivity contribution >= 4 is 16.8 Å². The molecule has 1 fully saturated rings. The van der Waals surface area contributed by atoms with Crippen molar-refractivity contribution in [2.24, 2.45) is 0 Å². The van der Waals surface area contributed by atoms with Crippen LogP contribution in [0.15, 0.2) is 24.4 Å². The van der Waals surface area contributed by atoms with Crippen LogP contribution in [0.4, 0.5) is 0 Å². The molecule has 1 N–H and O–H groups in total. The van der Waals surface area contributed by atoms with Crippen molar-refractivity contribution < 1.29 is 9.53 Å². The summed E-state index contributed by atoms with van der Waals surface area (Å²) in [5.41, 5.74) is 2.08. The van der Waals surface area contributed by atoms with Crippen molar-refractivity contribution in [1.29, 1.82) is 0 Å². The SMILES string of the molecule is COc1ccc2c(CC(=O)N3CCCC3)c[nH]c2c1. The highest BCUT2D eigenvalue weighted by molar-refractivity contribution is 5.89. The van der Waals surface area contributed by atoms with E-state index in [1.807, 2.05) is 29.3 Å². The number of rotatable bonds is 3. The summed E-state index contributed by atoms with van der Waals surface area (Å²) in [6, 6.07) is 5.90. The summed E-state index contributed by atoms with van der Waals surface area (Å²) in [7, 11) is 1.65. The summed E-state index contributed by atoms with van der Waals surface area (Å²) in [6.07, 6.45) is 4.68. The lowest BCUT2D eigenvalue weighted by Gasteiger charge is -2.14. The van der Waals surface area contributed by atoms with Gasteiger partial charge in [0.15, 0.2) is 0 Å². The van der Waals surface area contributed by atoms with Crippen LogP contribution < -0.4 is 4.74 Å². The molecule has 1 aliphatic heterocycles. The molecule has 0 unspecified atom stereocenters. The van der Waals surface area contributed by atoms with E-state index >= 15 is 0 Å². The third-order valence-electron chi connectivity index (χ3n) is 3.78. The molecule has 1 aromatic carbocycles. The van der Waals surface area contributed by atoms with Crippen LogP contribution in [0.1, 0.15) is 18.4 Å². The Labute approximate surface area is 112 Å². The fourth-order valence-corrected chi connectivity index (χ4v) is 2.68. The molecule has 1 amide bonds. The number of aromatic nitrogens is 1. The van der Waals surface area contributed by atoms with Crippen molar-refractivity contribution in [2.45, 2.75) is 19.3 Å². The minimum atomic E-state index is 0.231. The predicted molar refractivity (Wildman–Crippen MR) is 74.4 cm³/mol. The Morgan fingerprint density at radius 1 is 1.37 bits per heavy atom. The first-order chi connectivity index (χ1) is 9.28. The number of benzene rings is 1. The van der Waals surface area contributed by atoms with E-state index in [9.17, 15) is 4.79 Å². The van der Waals surface area contributed by atoms with Crippen LogP contribution in [0.2, 0.25) is 0 Å². The van der Waals surface area contributed by atoms with Crippen LogP contribution in [0, 0.1) is 0 Å². The van der Waals surface area contributed by atoms with Gasteiger partial charge in [-0.05, 0) is 30.5 Å². The fraction of sp³-hybridized carbons (Fsp3) is 0.400. The van der Waals surface area contributed by atoms with Crippen LogP contribution in [0.3, 0.4) is 0 Å². The summed E-state index contributed by atoms with van der Waals surface area (Å²) in [5, 5.41) is 1.10. The molecule has 0 saturated carbocycles. The van der Waals surface area contributed by atoms with Gasteiger partial charge in [-0.25, -0.2) is 0 Å². The molecule has 1 saturated heterocycles. The lowest BCUT2D eigenvalue weighted by molar-refractivity contribution is -0.129. The van der Waals surface area contributed by atoms with Gasteiger partial charge in [0.1, 0.15) is 5.75 Å². The van der Waals surface area contributed by atoms with E-state index in [4.69, 9.17) is 4.74 Å². The Morgan fingerprint density at radius 3 is 2.89 bits per heavy atom. The number of ether oxygens (including phenoxy) is 1. The molecule has 1 aliphatic rings. The number of aromatic amines is 1. The van der Waals surface area contributed by atoms with E-state index in [2.05, 4.69) is 4.98 Å². The van der Waals surface area contributed by atoms with E-state index in [0.29, 0.717) is 6.42 Å². The maximum atomic E-state index is 12.2. The maximum absolute atomic E-state index is 12.2. The predicted octanol–water partition coefficient (Wildman–Crippen LogP) is 2.34. The minimum absolute atomic E-state index is 0.231. The first-order valence-electron chi connectivity index (χ1n) is 6.70. The topological polar surface area (TPSA) is 45.3 Å². The number of nitrogens with zero attached hydrogens (tertiary/aromatic N) is 1. The molecule has 100 valence electrons. The number of carbonyl (C=O) groups excluding carboxylic acids is 1. The average Bonchev–Trinajstić information content (AvgIpc) is 3.08. The van der Waals surface area contributed by atoms with Gasteiger partial charge < -0.3 is 14.6 Å². The molecule has 0 radical (unpaired) electrons. The van der Waals surface area contributed by atoms with Crippen molar-refractivity contribution in [3.05, 3.63) is 30.0 Å². The Kier molecular flexibility index (Phi) is 3.15. The van der Waals surface area contributed by atoms with E-state index in [0.717, 1.165) is 48.1 Å². The molecule has 2 heterocycles. The molecule has 4 nitrogen and oxygen atoms in total. The van der Waals surface area contributed by atoms with Crippen LogP contribution in [0.5, 0.6) is 5.75 Å². The molecule has 1 aromatic heterocycles. The standard InChI is InChI=1S/C15H18N2O2/c1-19-12-4-5-13-11(10-16-14(13)9-12)8-15(18)17-6-2-3-7-17/h4-5,9-10,16H,2-3,6-8H2,1H3. The molecular formula is C15H18N2O2. The highest BCUT2D eigenvalue weighted by Gasteiger charge is 2.19. The molecule has 3 rings (SSSR count). The zero-order chi connectivity index (χ0) is 13.2. The zero-order valence-electron chi connectivity index (χ0n) is 11.1. The van der Waals surface area contributed by atoms with Crippen molar-refractivity contribution in [3.8, 4) is 5.75 Å². The smallest absolute Gasteiger partial charge is 0.227 e. The molecule has 2 aromatic rings. The minimum Gasteiger partial charge on any atom is -0.497 e. The van der Waals surface area contributed by atoms with Crippen LogP contribution in [-0.4, -0.2) is 36.0 Å². The number of hydrogen-bond acceptors (Lipinski definition) is 2. The van der Waals surface area contributed by atoms with E-state index in [-0.39, 0.29) is 5.91 Å². The quantitative estimate of drug-likeness (QED) is 0.918. The third kappa shape index (κ3) is 2.30. The summed E-state index contributed by atoms with van der Waals surface area (Å²) >= 11 is 0. The number of likely N-dealkylation sites (tertiary alicyclic amines) is 1. The Bertz CT molecular complexity index is 597. The van der Waals surface area contributed by atoms with Crippen molar-refractivity contribution in [3.63, 3.8) is 0 Å². The van der Waals surface area contributed by atoms with E-state index in [1.54, 1.807) is 7.11 Å². The normalized spacial score (nSPS) is 15.1. The Hall–Kier alpha value is -1.97. The number of methoxy groups -OCH3 is 1. The molecule has 0 bridgehead atoms. The largest absolute Gasteiger partial charge is 0.497 e. The van der Waals surface area contributed by atoms with Gasteiger partial charge in [-0.3, -0.25) is 4.79 Å². The maximum Gasteiger partial charge on any atom is 0.227 e. The summed E-state index contributed by atoms with van der Waals surface area (Å²) in [4.78, 5) is 17.3. The number of fused-ring (bicyclic) bond motifs is 1.